The predicted octanol–water partition coefficient (Wildman–Crippen LogP) is 3.69. The van der Waals surface area contributed by atoms with E-state index in [0.717, 1.165) is 5.56 Å². The third kappa shape index (κ3) is 4.27. The number of hydrogen-bond acceptors (Lipinski definition) is 7. The molecule has 0 amide bonds. The van der Waals surface area contributed by atoms with Crippen molar-refractivity contribution in [3.8, 4) is 22.8 Å². The van der Waals surface area contributed by atoms with Gasteiger partial charge in [-0.1, -0.05) is 11.2 Å². The summed E-state index contributed by atoms with van der Waals surface area (Å²) in [5, 5.41) is 3.94. The highest BCUT2D eigenvalue weighted by Crippen LogP contribution is 2.23. The molecule has 0 saturated carbocycles. The zero-order valence-electron chi connectivity index (χ0n) is 14.1. The van der Waals surface area contributed by atoms with Gasteiger partial charge in [0.15, 0.2) is 0 Å². The van der Waals surface area contributed by atoms with Gasteiger partial charge in [0, 0.05) is 23.5 Å². The van der Waals surface area contributed by atoms with Gasteiger partial charge >= 0.3 is 5.97 Å². The van der Waals surface area contributed by atoms with Gasteiger partial charge in [-0.2, -0.15) is 9.87 Å². The highest BCUT2D eigenvalue weighted by atomic mass is 17.2. The highest BCUT2D eigenvalue weighted by molar-refractivity contribution is 5.90. The molecule has 3 aromatic rings. The molecule has 0 bridgehead atoms. The van der Waals surface area contributed by atoms with Crippen molar-refractivity contribution >= 4 is 5.97 Å². The Morgan fingerprint density at radius 2 is 1.92 bits per heavy atom. The van der Waals surface area contributed by atoms with E-state index in [9.17, 15) is 4.79 Å². The minimum atomic E-state index is -0.594. The molecule has 3 rings (SSSR count). The maximum Gasteiger partial charge on any atom is 0.373 e. The Morgan fingerprint density at radius 1 is 1.12 bits per heavy atom. The first-order chi connectivity index (χ1) is 11.9. The lowest BCUT2D eigenvalue weighted by Crippen LogP contribution is -2.21. The summed E-state index contributed by atoms with van der Waals surface area (Å²) in [6, 6.07) is 10.3. The van der Waals surface area contributed by atoms with E-state index < -0.39 is 11.6 Å². The van der Waals surface area contributed by atoms with Crippen molar-refractivity contribution in [3.63, 3.8) is 0 Å². The Kier molecular flexibility index (Phi) is 4.58. The van der Waals surface area contributed by atoms with Gasteiger partial charge in [0.1, 0.15) is 5.60 Å². The molecule has 0 saturated heterocycles. The van der Waals surface area contributed by atoms with Gasteiger partial charge in [0.2, 0.25) is 5.82 Å². The van der Waals surface area contributed by atoms with Crippen molar-refractivity contribution < 1.29 is 19.1 Å². The van der Waals surface area contributed by atoms with Gasteiger partial charge in [0.25, 0.3) is 5.89 Å². The molecule has 0 aliphatic rings. The third-order valence-electron chi connectivity index (χ3n) is 3.06. The molecule has 0 fully saturated rings. The Labute approximate surface area is 144 Å². The van der Waals surface area contributed by atoms with E-state index in [1.54, 1.807) is 63.5 Å². The average Bonchev–Trinajstić information content (AvgIpc) is 3.10. The SMILES string of the molecule is CC(C)(C)OOC(=O)c1cccc(-c2nc(-c3cccnc3)no2)c1. The maximum absolute atomic E-state index is 12.1. The second-order valence-corrected chi connectivity index (χ2v) is 6.31. The molecule has 0 radical (unpaired) electrons. The topological polar surface area (TPSA) is 87.3 Å². The van der Waals surface area contributed by atoms with Crippen molar-refractivity contribution in [3.05, 3.63) is 54.4 Å². The normalized spacial score (nSPS) is 11.3. The molecule has 2 aromatic heterocycles. The number of nitrogens with zero attached hydrogens (tertiary/aromatic N) is 3. The monoisotopic (exact) mass is 339 g/mol. The fraction of sp³-hybridized carbons (Fsp3) is 0.222. The van der Waals surface area contributed by atoms with E-state index >= 15 is 0 Å². The molecule has 0 unspecified atom stereocenters. The summed E-state index contributed by atoms with van der Waals surface area (Å²) in [4.78, 5) is 30.3. The van der Waals surface area contributed by atoms with Crippen molar-refractivity contribution in [2.24, 2.45) is 0 Å². The van der Waals surface area contributed by atoms with Gasteiger partial charge in [-0.25, -0.2) is 4.79 Å². The minimum Gasteiger partial charge on any atom is -0.334 e. The fourth-order valence-corrected chi connectivity index (χ4v) is 1.94. The summed E-state index contributed by atoms with van der Waals surface area (Å²) >= 11 is 0. The minimum absolute atomic E-state index is 0.297. The molecular weight excluding hydrogens is 322 g/mol. The summed E-state index contributed by atoms with van der Waals surface area (Å²) in [5.41, 5.74) is 1.08. The van der Waals surface area contributed by atoms with Crippen molar-refractivity contribution in [2.75, 3.05) is 0 Å². The van der Waals surface area contributed by atoms with Crippen LogP contribution in [0.2, 0.25) is 0 Å². The van der Waals surface area contributed by atoms with Crippen molar-refractivity contribution in [2.45, 2.75) is 26.4 Å². The molecule has 0 spiro atoms. The molecular formula is C18H17N3O4. The molecule has 1 aromatic carbocycles. The van der Waals surface area contributed by atoms with Crippen LogP contribution in [-0.4, -0.2) is 26.7 Å². The Bertz CT molecular complexity index is 869. The fourth-order valence-electron chi connectivity index (χ4n) is 1.94. The summed E-state index contributed by atoms with van der Waals surface area (Å²) in [7, 11) is 0. The maximum atomic E-state index is 12.1. The van der Waals surface area contributed by atoms with Crippen LogP contribution in [0.3, 0.4) is 0 Å². The lowest BCUT2D eigenvalue weighted by molar-refractivity contribution is -0.301. The molecule has 0 N–H and O–H groups in total. The van der Waals surface area contributed by atoms with Crippen LogP contribution in [0.15, 0.2) is 53.3 Å². The van der Waals surface area contributed by atoms with Crippen molar-refractivity contribution in [1.82, 2.24) is 15.1 Å². The second-order valence-electron chi connectivity index (χ2n) is 6.31. The molecule has 25 heavy (non-hydrogen) atoms. The summed E-state index contributed by atoms with van der Waals surface area (Å²) in [6.45, 7) is 5.36. The first kappa shape index (κ1) is 16.8. The van der Waals surface area contributed by atoms with Crippen LogP contribution < -0.4 is 0 Å². The van der Waals surface area contributed by atoms with Gasteiger partial charge in [0.05, 0.1) is 5.56 Å². The van der Waals surface area contributed by atoms with Gasteiger partial charge in [-0.3, -0.25) is 9.87 Å². The molecule has 2 heterocycles. The summed E-state index contributed by atoms with van der Waals surface area (Å²) in [5.74, 6) is 0.126. The van der Waals surface area contributed by atoms with E-state index in [-0.39, 0.29) is 0 Å². The number of pyridine rings is 1. The van der Waals surface area contributed by atoms with E-state index in [1.807, 2.05) is 6.07 Å². The van der Waals surface area contributed by atoms with Crippen molar-refractivity contribution in [1.29, 1.82) is 0 Å². The lowest BCUT2D eigenvalue weighted by atomic mass is 10.1. The lowest BCUT2D eigenvalue weighted by Gasteiger charge is -2.16. The number of carbonyl (C=O) groups is 1. The van der Waals surface area contributed by atoms with Crippen LogP contribution in [0.1, 0.15) is 31.1 Å². The largest absolute Gasteiger partial charge is 0.373 e. The number of aromatic nitrogens is 3. The number of benzene rings is 1. The van der Waals surface area contributed by atoms with Crippen LogP contribution in [0.25, 0.3) is 22.8 Å². The summed E-state index contributed by atoms with van der Waals surface area (Å²) < 4.78 is 5.28. The molecule has 128 valence electrons. The standard InChI is InChI=1S/C18H17N3O4/c1-18(2,3)25-24-17(22)13-7-4-6-12(10-13)16-20-15(21-23-16)14-8-5-9-19-11-14/h4-11H,1-3H3. The Balaban J connectivity index is 1.80. The first-order valence-electron chi connectivity index (χ1n) is 7.67. The van der Waals surface area contributed by atoms with E-state index in [2.05, 4.69) is 15.1 Å². The first-order valence-corrected chi connectivity index (χ1v) is 7.67. The zero-order valence-corrected chi connectivity index (χ0v) is 14.1. The Hall–Kier alpha value is -3.06. The van der Waals surface area contributed by atoms with Gasteiger partial charge in [-0.05, 0) is 51.1 Å². The number of carbonyl (C=O) groups excluding carboxylic acids is 1. The van der Waals surface area contributed by atoms with Crippen LogP contribution >= 0.6 is 0 Å². The smallest absolute Gasteiger partial charge is 0.334 e. The van der Waals surface area contributed by atoms with Crippen LogP contribution in [-0.2, 0) is 9.78 Å². The van der Waals surface area contributed by atoms with Crippen LogP contribution in [0, 0.1) is 0 Å². The third-order valence-corrected chi connectivity index (χ3v) is 3.06. The van der Waals surface area contributed by atoms with E-state index in [1.165, 1.54) is 0 Å². The predicted molar refractivity (Wildman–Crippen MR) is 89.2 cm³/mol. The van der Waals surface area contributed by atoms with Crippen LogP contribution in [0.5, 0.6) is 0 Å². The number of rotatable bonds is 4. The van der Waals surface area contributed by atoms with Crippen LogP contribution in [0.4, 0.5) is 0 Å². The average molecular weight is 339 g/mol. The highest BCUT2D eigenvalue weighted by Gasteiger charge is 2.18. The van der Waals surface area contributed by atoms with Gasteiger partial charge in [-0.15, -0.1) is 0 Å². The number of hydrogen-bond donors (Lipinski definition) is 0. The molecule has 7 heteroatoms. The Morgan fingerprint density at radius 3 is 2.64 bits per heavy atom. The zero-order chi connectivity index (χ0) is 17.9. The molecule has 0 aliphatic heterocycles. The van der Waals surface area contributed by atoms with Gasteiger partial charge < -0.3 is 4.52 Å². The molecule has 0 atom stereocenters. The second kappa shape index (κ2) is 6.82. The molecule has 0 aliphatic carbocycles. The summed E-state index contributed by atoms with van der Waals surface area (Å²) in [6.07, 6.45) is 3.31. The van der Waals surface area contributed by atoms with E-state index in [0.29, 0.717) is 22.8 Å². The molecule has 7 nitrogen and oxygen atoms in total. The van der Waals surface area contributed by atoms with E-state index in [4.69, 9.17) is 14.3 Å². The quantitative estimate of drug-likeness (QED) is 0.529.